The number of thioether (sulfide) groups is 1. The molecule has 0 spiro atoms. The molecule has 2 aromatic carbocycles. The van der Waals surface area contributed by atoms with Crippen LogP contribution in [0, 0.1) is 0 Å². The first-order valence-electron chi connectivity index (χ1n) is 8.92. The van der Waals surface area contributed by atoms with Crippen molar-refractivity contribution in [3.63, 3.8) is 0 Å². The van der Waals surface area contributed by atoms with E-state index in [1.807, 2.05) is 67.6 Å². The lowest BCUT2D eigenvalue weighted by atomic mass is 9.98. The Balaban J connectivity index is 2.13. The molecule has 5 heteroatoms. The summed E-state index contributed by atoms with van der Waals surface area (Å²) in [4.78, 5) is 14.9. The minimum Gasteiger partial charge on any atom is -0.358 e. The summed E-state index contributed by atoms with van der Waals surface area (Å²) in [5.74, 6) is -0.0118. The molecule has 0 bridgehead atoms. The summed E-state index contributed by atoms with van der Waals surface area (Å²) in [6.07, 6.45) is 0. The number of carbonyl (C=O) groups excluding carboxylic acids is 1. The van der Waals surface area contributed by atoms with Crippen molar-refractivity contribution in [3.05, 3.63) is 71.8 Å². The Hall–Kier alpha value is -1.85. The van der Waals surface area contributed by atoms with Gasteiger partial charge in [0.05, 0.1) is 11.3 Å². The first-order valence-corrected chi connectivity index (χ1v) is 10.2. The Morgan fingerprint density at radius 1 is 1.00 bits per heavy atom. The van der Waals surface area contributed by atoms with Gasteiger partial charge in [0, 0.05) is 13.1 Å². The predicted octanol–water partition coefficient (Wildman–Crippen LogP) is 4.64. The van der Waals surface area contributed by atoms with Crippen molar-refractivity contribution in [1.29, 1.82) is 0 Å². The summed E-state index contributed by atoms with van der Waals surface area (Å²) < 4.78 is 0.772. The lowest BCUT2D eigenvalue weighted by Gasteiger charge is -2.25. The topological polar surface area (TPSA) is 32.3 Å². The van der Waals surface area contributed by atoms with Gasteiger partial charge in [0.15, 0.2) is 0 Å². The normalized spacial score (nSPS) is 11.8. The van der Waals surface area contributed by atoms with Gasteiger partial charge in [-0.15, -0.1) is 0 Å². The fourth-order valence-electron chi connectivity index (χ4n) is 2.67. The molecule has 26 heavy (non-hydrogen) atoms. The van der Waals surface area contributed by atoms with Crippen LogP contribution in [0.4, 0.5) is 0 Å². The lowest BCUT2D eigenvalue weighted by Crippen LogP contribution is -2.37. The highest BCUT2D eigenvalue weighted by Crippen LogP contribution is 2.23. The summed E-state index contributed by atoms with van der Waals surface area (Å²) in [5, 5.41) is 2.94. The van der Waals surface area contributed by atoms with E-state index in [9.17, 15) is 4.79 Å². The summed E-state index contributed by atoms with van der Waals surface area (Å²) in [7, 11) is 0. The van der Waals surface area contributed by atoms with Crippen molar-refractivity contribution < 1.29 is 4.79 Å². The molecule has 0 unspecified atom stereocenters. The van der Waals surface area contributed by atoms with Gasteiger partial charge in [-0.2, -0.15) is 0 Å². The zero-order valence-electron chi connectivity index (χ0n) is 15.5. The van der Waals surface area contributed by atoms with Crippen LogP contribution in [-0.4, -0.2) is 33.5 Å². The molecule has 1 N–H and O–H groups in total. The van der Waals surface area contributed by atoms with Crippen LogP contribution in [0.3, 0.4) is 0 Å². The fraction of sp³-hybridized carbons (Fsp3) is 0.333. The second kappa shape index (κ2) is 10.3. The van der Waals surface area contributed by atoms with Crippen molar-refractivity contribution in [2.45, 2.75) is 32.1 Å². The third kappa shape index (κ3) is 5.58. The molecule has 0 radical (unpaired) electrons. The summed E-state index contributed by atoms with van der Waals surface area (Å²) >= 11 is 6.92. The molecule has 1 atom stereocenters. The molecule has 2 aromatic rings. The van der Waals surface area contributed by atoms with Crippen LogP contribution in [0.2, 0.25) is 0 Å². The highest BCUT2D eigenvalue weighted by atomic mass is 32.2. The molecule has 0 saturated heterocycles. The second-order valence-corrected chi connectivity index (χ2v) is 7.94. The van der Waals surface area contributed by atoms with E-state index in [2.05, 4.69) is 24.1 Å². The first kappa shape index (κ1) is 20.5. The molecular formula is C21H26N2OS2. The lowest BCUT2D eigenvalue weighted by molar-refractivity contribution is -0.120. The van der Waals surface area contributed by atoms with Crippen LogP contribution in [-0.2, 0) is 4.79 Å². The Labute approximate surface area is 166 Å². The van der Waals surface area contributed by atoms with E-state index in [0.717, 1.165) is 28.5 Å². The van der Waals surface area contributed by atoms with Gasteiger partial charge in [0.25, 0.3) is 0 Å². The van der Waals surface area contributed by atoms with Crippen molar-refractivity contribution in [2.75, 3.05) is 13.1 Å². The van der Waals surface area contributed by atoms with E-state index in [4.69, 9.17) is 12.2 Å². The van der Waals surface area contributed by atoms with Crippen molar-refractivity contribution in [2.24, 2.45) is 0 Å². The number of carbonyl (C=O) groups is 1. The molecule has 0 fully saturated rings. The van der Waals surface area contributed by atoms with Crippen molar-refractivity contribution in [1.82, 2.24) is 10.2 Å². The van der Waals surface area contributed by atoms with Crippen LogP contribution >= 0.6 is 24.0 Å². The smallest absolute Gasteiger partial charge is 0.234 e. The molecule has 138 valence electrons. The minimum absolute atomic E-state index is 0.0118. The van der Waals surface area contributed by atoms with E-state index >= 15 is 0 Å². The average Bonchev–Trinajstić information content (AvgIpc) is 2.68. The number of nitrogens with zero attached hydrogens (tertiary/aromatic N) is 1. The zero-order chi connectivity index (χ0) is 18.9. The number of thiocarbonyl (C=S) groups is 1. The molecule has 0 heterocycles. The average molecular weight is 387 g/mol. The number of nitrogens with one attached hydrogen (secondary N) is 1. The third-order valence-electron chi connectivity index (χ3n) is 4.22. The molecule has 2 rings (SSSR count). The third-order valence-corrected chi connectivity index (χ3v) is 5.80. The molecule has 0 aromatic heterocycles. The maximum atomic E-state index is 12.8. The molecular weight excluding hydrogens is 360 g/mol. The Morgan fingerprint density at radius 3 is 1.88 bits per heavy atom. The Bertz CT molecular complexity index is 663. The van der Waals surface area contributed by atoms with Gasteiger partial charge >= 0.3 is 0 Å². The molecule has 1 amide bonds. The quantitative estimate of drug-likeness (QED) is 0.703. The first-order chi connectivity index (χ1) is 12.6. The van der Waals surface area contributed by atoms with Crippen LogP contribution in [0.15, 0.2) is 60.7 Å². The Morgan fingerprint density at radius 2 is 1.46 bits per heavy atom. The van der Waals surface area contributed by atoms with Gasteiger partial charge in [-0.05, 0) is 31.9 Å². The largest absolute Gasteiger partial charge is 0.358 e. The zero-order valence-corrected chi connectivity index (χ0v) is 17.1. The number of hydrogen-bond acceptors (Lipinski definition) is 3. The van der Waals surface area contributed by atoms with Gasteiger partial charge in [-0.25, -0.2) is 0 Å². The summed E-state index contributed by atoms with van der Waals surface area (Å²) in [6, 6.07) is 19.9. The van der Waals surface area contributed by atoms with E-state index < -0.39 is 0 Å². The number of hydrogen-bond donors (Lipinski definition) is 1. The van der Waals surface area contributed by atoms with Gasteiger partial charge in [-0.3, -0.25) is 4.79 Å². The van der Waals surface area contributed by atoms with Crippen LogP contribution in [0.25, 0.3) is 0 Å². The number of rotatable bonds is 7. The molecule has 3 nitrogen and oxygen atoms in total. The SMILES string of the molecule is CCN(CC)C(=S)S[C@H](C)C(=O)NC(c1ccccc1)c1ccccc1. The van der Waals surface area contributed by atoms with Crippen LogP contribution < -0.4 is 5.32 Å². The van der Waals surface area contributed by atoms with Gasteiger partial charge in [0.1, 0.15) is 4.32 Å². The van der Waals surface area contributed by atoms with E-state index in [-0.39, 0.29) is 17.2 Å². The van der Waals surface area contributed by atoms with Crippen LogP contribution in [0.1, 0.15) is 37.9 Å². The highest BCUT2D eigenvalue weighted by Gasteiger charge is 2.22. The maximum Gasteiger partial charge on any atom is 0.234 e. The molecule has 0 aliphatic carbocycles. The van der Waals surface area contributed by atoms with Crippen molar-refractivity contribution >= 4 is 34.2 Å². The van der Waals surface area contributed by atoms with Crippen molar-refractivity contribution in [3.8, 4) is 0 Å². The summed E-state index contributed by atoms with van der Waals surface area (Å²) in [5.41, 5.74) is 2.13. The van der Waals surface area contributed by atoms with Gasteiger partial charge < -0.3 is 10.2 Å². The fourth-order valence-corrected chi connectivity index (χ4v) is 4.25. The van der Waals surface area contributed by atoms with E-state index in [1.54, 1.807) is 0 Å². The number of benzene rings is 2. The Kier molecular flexibility index (Phi) is 8.13. The molecule has 0 aliphatic rings. The van der Waals surface area contributed by atoms with Gasteiger partial charge in [0.2, 0.25) is 5.91 Å². The molecule has 0 aliphatic heterocycles. The van der Waals surface area contributed by atoms with Crippen LogP contribution in [0.5, 0.6) is 0 Å². The van der Waals surface area contributed by atoms with Gasteiger partial charge in [-0.1, -0.05) is 84.6 Å². The monoisotopic (exact) mass is 386 g/mol. The minimum atomic E-state index is -0.252. The second-order valence-electron chi connectivity index (χ2n) is 5.96. The van der Waals surface area contributed by atoms with E-state index in [1.165, 1.54) is 11.8 Å². The maximum absolute atomic E-state index is 12.8. The predicted molar refractivity (Wildman–Crippen MR) is 115 cm³/mol. The molecule has 0 saturated carbocycles. The standard InChI is InChI=1S/C21H26N2OS2/c1-4-23(5-2)21(25)26-16(3)20(24)22-19(17-12-8-6-9-13-17)18-14-10-7-11-15-18/h6-16,19H,4-5H2,1-3H3,(H,22,24)/t16-/m1/s1. The van der Waals surface area contributed by atoms with E-state index in [0.29, 0.717) is 0 Å². The highest BCUT2D eigenvalue weighted by molar-refractivity contribution is 8.23. The number of amides is 1. The summed E-state index contributed by atoms with van der Waals surface area (Å²) in [6.45, 7) is 7.76.